The van der Waals surface area contributed by atoms with Crippen molar-refractivity contribution in [3.63, 3.8) is 0 Å². The Kier molecular flexibility index (Phi) is 4.02. The molecule has 0 saturated heterocycles. The van der Waals surface area contributed by atoms with Gasteiger partial charge in [-0.15, -0.1) is 0 Å². The Balaban J connectivity index is 1.94. The third-order valence-electron chi connectivity index (χ3n) is 3.54. The number of anilines is 1. The number of hydrogen-bond acceptors (Lipinski definition) is 3. The number of fused-ring (bicyclic) bond motifs is 1. The number of halogens is 1. The van der Waals surface area contributed by atoms with Gasteiger partial charge in [0.25, 0.3) is 5.91 Å². The summed E-state index contributed by atoms with van der Waals surface area (Å²) in [6.45, 7) is 4.10. The standard InChI is InChI=1S/C18H16FNO3/c1-3-22-16-7-5-4-6-14(16)20-18(21)17-11(2)13-10-12(19)8-9-15(13)23-17/h4-10H,3H2,1-2H3,(H,20,21). The molecule has 1 amide bonds. The average molecular weight is 313 g/mol. The van der Waals surface area contributed by atoms with Crippen molar-refractivity contribution in [2.45, 2.75) is 13.8 Å². The predicted octanol–water partition coefficient (Wildman–Crippen LogP) is 4.53. The highest BCUT2D eigenvalue weighted by Crippen LogP contribution is 2.28. The summed E-state index contributed by atoms with van der Waals surface area (Å²) in [6, 6.07) is 11.3. The second-order valence-corrected chi connectivity index (χ2v) is 5.08. The van der Waals surface area contributed by atoms with Crippen molar-refractivity contribution in [1.82, 2.24) is 0 Å². The molecule has 3 aromatic rings. The molecule has 118 valence electrons. The van der Waals surface area contributed by atoms with Crippen molar-refractivity contribution in [2.24, 2.45) is 0 Å². The fourth-order valence-corrected chi connectivity index (χ4v) is 2.44. The van der Waals surface area contributed by atoms with Crippen LogP contribution in [-0.4, -0.2) is 12.5 Å². The number of para-hydroxylation sites is 2. The number of hydrogen-bond donors (Lipinski definition) is 1. The van der Waals surface area contributed by atoms with Crippen molar-refractivity contribution in [3.8, 4) is 5.75 Å². The third kappa shape index (κ3) is 2.90. The van der Waals surface area contributed by atoms with Gasteiger partial charge in [-0.2, -0.15) is 0 Å². The van der Waals surface area contributed by atoms with Gasteiger partial charge in [-0.05, 0) is 44.2 Å². The van der Waals surface area contributed by atoms with Crippen LogP contribution in [0, 0.1) is 12.7 Å². The molecule has 0 aliphatic heterocycles. The number of amides is 1. The Hall–Kier alpha value is -2.82. The van der Waals surface area contributed by atoms with Gasteiger partial charge >= 0.3 is 0 Å². The largest absolute Gasteiger partial charge is 0.492 e. The molecule has 0 bridgehead atoms. The maximum absolute atomic E-state index is 13.4. The SMILES string of the molecule is CCOc1ccccc1NC(=O)c1oc2ccc(F)cc2c1C. The van der Waals surface area contributed by atoms with Crippen LogP contribution in [0.15, 0.2) is 46.9 Å². The van der Waals surface area contributed by atoms with E-state index in [4.69, 9.17) is 9.15 Å². The molecule has 1 heterocycles. The van der Waals surface area contributed by atoms with E-state index in [9.17, 15) is 9.18 Å². The van der Waals surface area contributed by atoms with Crippen molar-refractivity contribution < 1.29 is 18.3 Å². The molecular formula is C18H16FNO3. The molecule has 4 nitrogen and oxygen atoms in total. The minimum absolute atomic E-state index is 0.164. The zero-order valence-electron chi connectivity index (χ0n) is 12.9. The molecule has 0 unspecified atom stereocenters. The Morgan fingerprint density at radius 3 is 2.83 bits per heavy atom. The second kappa shape index (κ2) is 6.12. The first kappa shape index (κ1) is 15.1. The van der Waals surface area contributed by atoms with Crippen LogP contribution in [0.1, 0.15) is 23.0 Å². The monoisotopic (exact) mass is 313 g/mol. The van der Waals surface area contributed by atoms with Crippen LogP contribution in [0.25, 0.3) is 11.0 Å². The Morgan fingerprint density at radius 2 is 2.04 bits per heavy atom. The van der Waals surface area contributed by atoms with Crippen LogP contribution >= 0.6 is 0 Å². The van der Waals surface area contributed by atoms with Crippen LogP contribution in [0.3, 0.4) is 0 Å². The number of carbonyl (C=O) groups excluding carboxylic acids is 1. The van der Waals surface area contributed by atoms with Crippen molar-refractivity contribution in [3.05, 3.63) is 59.6 Å². The Morgan fingerprint density at radius 1 is 1.26 bits per heavy atom. The first-order chi connectivity index (χ1) is 11.1. The minimum Gasteiger partial charge on any atom is -0.492 e. The fraction of sp³-hybridized carbons (Fsp3) is 0.167. The molecule has 0 saturated carbocycles. The Bertz CT molecular complexity index is 870. The number of carbonyl (C=O) groups is 1. The van der Waals surface area contributed by atoms with Gasteiger partial charge in [0.2, 0.25) is 0 Å². The normalized spacial score (nSPS) is 10.7. The van der Waals surface area contributed by atoms with E-state index in [1.807, 2.05) is 13.0 Å². The summed E-state index contributed by atoms with van der Waals surface area (Å²) < 4.78 is 24.4. The molecule has 0 fully saturated rings. The van der Waals surface area contributed by atoms with Crippen molar-refractivity contribution in [1.29, 1.82) is 0 Å². The fourth-order valence-electron chi connectivity index (χ4n) is 2.44. The van der Waals surface area contributed by atoms with Gasteiger partial charge in [0.05, 0.1) is 12.3 Å². The summed E-state index contributed by atoms with van der Waals surface area (Å²) in [7, 11) is 0. The number of furan rings is 1. The molecule has 1 aromatic heterocycles. The molecule has 0 atom stereocenters. The van der Waals surface area contributed by atoms with E-state index >= 15 is 0 Å². The van der Waals surface area contributed by atoms with Crippen molar-refractivity contribution >= 4 is 22.6 Å². The summed E-state index contributed by atoms with van der Waals surface area (Å²) in [6.07, 6.45) is 0. The smallest absolute Gasteiger partial charge is 0.291 e. The Labute approximate surface area is 132 Å². The number of aryl methyl sites for hydroxylation is 1. The highest BCUT2D eigenvalue weighted by atomic mass is 19.1. The van der Waals surface area contributed by atoms with Crippen molar-refractivity contribution in [2.75, 3.05) is 11.9 Å². The summed E-state index contributed by atoms with van der Waals surface area (Å²) in [5.41, 5.74) is 1.64. The number of nitrogens with one attached hydrogen (secondary N) is 1. The van der Waals surface area contributed by atoms with Crippen LogP contribution < -0.4 is 10.1 Å². The number of ether oxygens (including phenoxy) is 1. The minimum atomic E-state index is -0.397. The lowest BCUT2D eigenvalue weighted by molar-refractivity contribution is 0.0997. The second-order valence-electron chi connectivity index (χ2n) is 5.08. The summed E-state index contributed by atoms with van der Waals surface area (Å²) in [4.78, 5) is 12.5. The topological polar surface area (TPSA) is 51.5 Å². The lowest BCUT2D eigenvalue weighted by Gasteiger charge is -2.10. The van der Waals surface area contributed by atoms with Gasteiger partial charge in [0.15, 0.2) is 5.76 Å². The molecule has 1 N–H and O–H groups in total. The first-order valence-corrected chi connectivity index (χ1v) is 7.32. The maximum Gasteiger partial charge on any atom is 0.291 e. The van der Waals surface area contributed by atoms with Gasteiger partial charge < -0.3 is 14.5 Å². The first-order valence-electron chi connectivity index (χ1n) is 7.32. The van der Waals surface area contributed by atoms with Gasteiger partial charge in [-0.3, -0.25) is 4.79 Å². The molecule has 0 radical (unpaired) electrons. The number of benzene rings is 2. The molecule has 23 heavy (non-hydrogen) atoms. The van der Waals surface area contributed by atoms with Gasteiger partial charge in [-0.25, -0.2) is 4.39 Å². The van der Waals surface area contributed by atoms with E-state index in [-0.39, 0.29) is 11.6 Å². The van der Waals surface area contributed by atoms with Gasteiger partial charge in [0.1, 0.15) is 17.1 Å². The molecule has 0 aliphatic carbocycles. The lowest BCUT2D eigenvalue weighted by atomic mass is 10.1. The van der Waals surface area contributed by atoms with Gasteiger partial charge in [0, 0.05) is 10.9 Å². The highest BCUT2D eigenvalue weighted by Gasteiger charge is 2.19. The van der Waals surface area contributed by atoms with E-state index in [0.29, 0.717) is 34.6 Å². The summed E-state index contributed by atoms with van der Waals surface area (Å²) >= 11 is 0. The van der Waals surface area contributed by atoms with Crippen LogP contribution in [0.2, 0.25) is 0 Å². The molecule has 0 aliphatic rings. The summed E-state index contributed by atoms with van der Waals surface area (Å²) in [5.74, 6) is -0.0126. The summed E-state index contributed by atoms with van der Waals surface area (Å²) in [5, 5.41) is 3.37. The van der Waals surface area contributed by atoms with Crippen LogP contribution in [-0.2, 0) is 0 Å². The van der Waals surface area contributed by atoms with Crippen LogP contribution in [0.4, 0.5) is 10.1 Å². The third-order valence-corrected chi connectivity index (χ3v) is 3.54. The van der Waals surface area contributed by atoms with E-state index < -0.39 is 5.91 Å². The molecule has 2 aromatic carbocycles. The van der Waals surface area contributed by atoms with Crippen LogP contribution in [0.5, 0.6) is 5.75 Å². The molecule has 3 rings (SSSR count). The average Bonchev–Trinajstić information content (AvgIpc) is 2.86. The molecule has 5 heteroatoms. The lowest BCUT2D eigenvalue weighted by Crippen LogP contribution is -2.13. The zero-order valence-corrected chi connectivity index (χ0v) is 12.9. The maximum atomic E-state index is 13.4. The van der Waals surface area contributed by atoms with E-state index in [1.54, 1.807) is 25.1 Å². The van der Waals surface area contributed by atoms with E-state index in [1.165, 1.54) is 18.2 Å². The predicted molar refractivity (Wildman–Crippen MR) is 86.5 cm³/mol. The quantitative estimate of drug-likeness (QED) is 0.770. The number of rotatable bonds is 4. The van der Waals surface area contributed by atoms with Gasteiger partial charge in [-0.1, -0.05) is 12.1 Å². The molecular weight excluding hydrogens is 297 g/mol. The van der Waals surface area contributed by atoms with E-state index in [0.717, 1.165) is 0 Å². The molecule has 0 spiro atoms. The van der Waals surface area contributed by atoms with E-state index in [2.05, 4.69) is 5.32 Å². The highest BCUT2D eigenvalue weighted by molar-refractivity contribution is 6.07. The zero-order chi connectivity index (χ0) is 16.4.